The van der Waals surface area contributed by atoms with E-state index in [1.807, 2.05) is 5.32 Å². The summed E-state index contributed by atoms with van der Waals surface area (Å²) >= 11 is 0. The van der Waals surface area contributed by atoms with E-state index in [9.17, 15) is 28.8 Å². The summed E-state index contributed by atoms with van der Waals surface area (Å²) in [5, 5.41) is 32.9. The molecule has 0 fully saturated rings. The van der Waals surface area contributed by atoms with E-state index in [0.717, 1.165) is 0 Å². The second kappa shape index (κ2) is 12.2. The largest absolute Gasteiger partial charge is 0.481 e. The lowest BCUT2D eigenvalue weighted by Crippen LogP contribution is -2.57. The Kier molecular flexibility index (Phi) is 10.9. The molecular formula is C15H25N5O9. The van der Waals surface area contributed by atoms with Gasteiger partial charge >= 0.3 is 11.9 Å². The number of amides is 4. The number of carboxylic acids is 2. The molecule has 0 aromatic carbocycles. The van der Waals surface area contributed by atoms with E-state index in [1.165, 1.54) is 6.92 Å². The molecule has 0 radical (unpaired) electrons. The van der Waals surface area contributed by atoms with Crippen LogP contribution in [0, 0.1) is 0 Å². The molecule has 10 N–H and O–H groups in total. The zero-order chi connectivity index (χ0) is 22.7. The summed E-state index contributed by atoms with van der Waals surface area (Å²) in [7, 11) is 0. The number of rotatable bonds is 13. The lowest BCUT2D eigenvalue weighted by Gasteiger charge is -2.23. The zero-order valence-electron chi connectivity index (χ0n) is 15.6. The molecule has 29 heavy (non-hydrogen) atoms. The Morgan fingerprint density at radius 3 is 1.76 bits per heavy atom. The highest BCUT2D eigenvalue weighted by molar-refractivity contribution is 5.95. The number of carbonyl (C=O) groups excluding carboxylic acids is 4. The van der Waals surface area contributed by atoms with Crippen LogP contribution in [0.25, 0.3) is 0 Å². The molecule has 164 valence electrons. The van der Waals surface area contributed by atoms with Gasteiger partial charge in [0.2, 0.25) is 23.6 Å². The fourth-order valence-electron chi connectivity index (χ4n) is 1.97. The highest BCUT2D eigenvalue weighted by atomic mass is 16.4. The van der Waals surface area contributed by atoms with E-state index in [-0.39, 0.29) is 12.8 Å². The maximum atomic E-state index is 12.4. The third-order valence-corrected chi connectivity index (χ3v) is 3.53. The lowest BCUT2D eigenvalue weighted by atomic mass is 10.1. The van der Waals surface area contributed by atoms with Gasteiger partial charge in [0.05, 0.1) is 19.1 Å². The summed E-state index contributed by atoms with van der Waals surface area (Å²) < 4.78 is 0. The number of hydrogen-bond donors (Lipinski definition) is 8. The van der Waals surface area contributed by atoms with Crippen LogP contribution in [0.1, 0.15) is 26.2 Å². The van der Waals surface area contributed by atoms with Crippen LogP contribution >= 0.6 is 0 Å². The van der Waals surface area contributed by atoms with Crippen LogP contribution in [0.4, 0.5) is 0 Å². The van der Waals surface area contributed by atoms with Crippen molar-refractivity contribution in [1.82, 2.24) is 16.0 Å². The van der Waals surface area contributed by atoms with E-state index in [0.29, 0.717) is 0 Å². The molecule has 0 aliphatic rings. The van der Waals surface area contributed by atoms with Gasteiger partial charge in [0.1, 0.15) is 18.1 Å². The van der Waals surface area contributed by atoms with Crippen molar-refractivity contribution in [2.24, 2.45) is 11.5 Å². The molecule has 14 nitrogen and oxygen atoms in total. The Morgan fingerprint density at radius 2 is 1.34 bits per heavy atom. The first-order valence-electron chi connectivity index (χ1n) is 8.39. The smallest absolute Gasteiger partial charge is 0.328 e. The monoisotopic (exact) mass is 419 g/mol. The van der Waals surface area contributed by atoms with Gasteiger partial charge < -0.3 is 42.7 Å². The number of hydrogen-bond acceptors (Lipinski definition) is 8. The molecule has 0 aromatic heterocycles. The molecule has 0 aliphatic heterocycles. The van der Waals surface area contributed by atoms with Gasteiger partial charge in [-0.25, -0.2) is 4.79 Å². The number of carboxylic acid groups (broad SMARTS) is 2. The number of carbonyl (C=O) groups is 6. The molecule has 4 atom stereocenters. The predicted octanol–water partition coefficient (Wildman–Crippen LogP) is -4.39. The zero-order valence-corrected chi connectivity index (χ0v) is 15.6. The molecule has 14 heteroatoms. The van der Waals surface area contributed by atoms with E-state index >= 15 is 0 Å². The Bertz CT molecular complexity index is 652. The quantitative estimate of drug-likeness (QED) is 0.142. The highest BCUT2D eigenvalue weighted by Gasteiger charge is 2.31. The molecule has 0 spiro atoms. The fourth-order valence-corrected chi connectivity index (χ4v) is 1.97. The van der Waals surface area contributed by atoms with Crippen molar-refractivity contribution >= 4 is 35.6 Å². The second-order valence-corrected chi connectivity index (χ2v) is 6.10. The third kappa shape index (κ3) is 10.0. The molecule has 0 saturated heterocycles. The average Bonchev–Trinajstić information content (AvgIpc) is 2.60. The van der Waals surface area contributed by atoms with Gasteiger partial charge in [0.25, 0.3) is 0 Å². The number of aliphatic hydroxyl groups excluding tert-OH is 1. The summed E-state index contributed by atoms with van der Waals surface area (Å²) in [6.45, 7) is 0.362. The van der Waals surface area contributed by atoms with Crippen LogP contribution < -0.4 is 27.4 Å². The van der Waals surface area contributed by atoms with Crippen molar-refractivity contribution in [1.29, 1.82) is 0 Å². The molecular weight excluding hydrogens is 394 g/mol. The number of aliphatic hydroxyl groups is 1. The first kappa shape index (κ1) is 25.7. The van der Waals surface area contributed by atoms with Gasteiger partial charge in [0.15, 0.2) is 0 Å². The topological polar surface area (TPSA) is 251 Å². The second-order valence-electron chi connectivity index (χ2n) is 6.10. The van der Waals surface area contributed by atoms with E-state index in [4.69, 9.17) is 26.8 Å². The van der Waals surface area contributed by atoms with E-state index in [1.54, 1.807) is 0 Å². The van der Waals surface area contributed by atoms with E-state index < -0.39 is 72.8 Å². The SMILES string of the molecule is CC(N)C(=O)NC(CCC(N)=O)C(=O)NC(CC(=O)O)C(=O)NC(CO)C(=O)O. The van der Waals surface area contributed by atoms with Gasteiger partial charge in [-0.1, -0.05) is 0 Å². The normalized spacial score (nSPS) is 14.6. The molecule has 0 rings (SSSR count). The number of primary amides is 1. The summed E-state index contributed by atoms with van der Waals surface area (Å²) in [4.78, 5) is 69.2. The molecule has 0 heterocycles. The third-order valence-electron chi connectivity index (χ3n) is 3.53. The van der Waals surface area contributed by atoms with Gasteiger partial charge in [-0.2, -0.15) is 0 Å². The van der Waals surface area contributed by atoms with Gasteiger partial charge in [-0.3, -0.25) is 24.0 Å². The van der Waals surface area contributed by atoms with Crippen LogP contribution in [0.3, 0.4) is 0 Å². The van der Waals surface area contributed by atoms with Crippen LogP contribution in [0.15, 0.2) is 0 Å². The Labute approximate surface area is 165 Å². The predicted molar refractivity (Wildman–Crippen MR) is 94.8 cm³/mol. The van der Waals surface area contributed by atoms with Crippen molar-refractivity contribution < 1.29 is 44.1 Å². The Morgan fingerprint density at radius 1 is 0.862 bits per heavy atom. The number of aliphatic carboxylic acids is 2. The minimum absolute atomic E-state index is 0.255. The number of nitrogens with two attached hydrogens (primary N) is 2. The maximum absolute atomic E-state index is 12.4. The summed E-state index contributed by atoms with van der Waals surface area (Å²) in [6, 6.07) is -5.81. The molecule has 4 unspecified atom stereocenters. The maximum Gasteiger partial charge on any atom is 0.328 e. The molecule has 0 aliphatic carbocycles. The molecule has 0 bridgehead atoms. The Hall–Kier alpha value is -3.26. The molecule has 0 aromatic rings. The lowest BCUT2D eigenvalue weighted by molar-refractivity contribution is -0.144. The van der Waals surface area contributed by atoms with Crippen molar-refractivity contribution in [2.75, 3.05) is 6.61 Å². The van der Waals surface area contributed by atoms with Gasteiger partial charge in [-0.15, -0.1) is 0 Å². The van der Waals surface area contributed by atoms with Crippen LogP contribution in [0.5, 0.6) is 0 Å². The van der Waals surface area contributed by atoms with Crippen LogP contribution in [-0.2, 0) is 28.8 Å². The van der Waals surface area contributed by atoms with Crippen LogP contribution in [-0.4, -0.2) is 81.7 Å². The average molecular weight is 419 g/mol. The summed E-state index contributed by atoms with van der Waals surface area (Å²) in [5.74, 6) is -6.80. The minimum atomic E-state index is -1.73. The molecule has 4 amide bonds. The van der Waals surface area contributed by atoms with Crippen molar-refractivity contribution in [3.05, 3.63) is 0 Å². The van der Waals surface area contributed by atoms with E-state index in [2.05, 4.69) is 10.6 Å². The summed E-state index contributed by atoms with van der Waals surface area (Å²) in [6.07, 6.45) is -1.48. The standard InChI is InChI=1S/C15H25N5O9/c1-6(16)12(25)18-7(2-3-10(17)22)13(26)19-8(4-11(23)24)14(27)20-9(5-21)15(28)29/h6-9,21H,2-5,16H2,1H3,(H2,17,22)(H,18,25)(H,19,26)(H,20,27)(H,23,24)(H,28,29). The first-order valence-corrected chi connectivity index (χ1v) is 8.39. The van der Waals surface area contributed by atoms with Crippen molar-refractivity contribution in [3.8, 4) is 0 Å². The highest BCUT2D eigenvalue weighted by Crippen LogP contribution is 2.02. The van der Waals surface area contributed by atoms with Crippen LogP contribution in [0.2, 0.25) is 0 Å². The minimum Gasteiger partial charge on any atom is -0.481 e. The van der Waals surface area contributed by atoms with Crippen molar-refractivity contribution in [3.63, 3.8) is 0 Å². The van der Waals surface area contributed by atoms with Crippen molar-refractivity contribution in [2.45, 2.75) is 50.4 Å². The van der Waals surface area contributed by atoms with Gasteiger partial charge in [0, 0.05) is 6.42 Å². The van der Waals surface area contributed by atoms with Gasteiger partial charge in [-0.05, 0) is 13.3 Å². The number of nitrogens with one attached hydrogen (secondary N) is 3. The fraction of sp³-hybridized carbons (Fsp3) is 0.600. The summed E-state index contributed by atoms with van der Waals surface area (Å²) in [5.41, 5.74) is 10.4. The molecule has 0 saturated carbocycles. The first-order chi connectivity index (χ1) is 13.4. The Balaban J connectivity index is 5.40.